The third-order valence-corrected chi connectivity index (χ3v) is 3.39. The molecule has 0 N–H and O–H groups in total. The molecule has 0 amide bonds. The van der Waals surface area contributed by atoms with Gasteiger partial charge in [0.2, 0.25) is 0 Å². The highest BCUT2D eigenvalue weighted by Gasteiger charge is 2.12. The van der Waals surface area contributed by atoms with Crippen molar-refractivity contribution in [3.05, 3.63) is 34.9 Å². The normalized spacial score (nSPS) is 15.7. The summed E-state index contributed by atoms with van der Waals surface area (Å²) in [5.74, 6) is 0.374. The molecule has 2 heteroatoms. The van der Waals surface area contributed by atoms with Crippen LogP contribution in [0, 0.1) is 17.2 Å². The van der Waals surface area contributed by atoms with Gasteiger partial charge in [0.15, 0.2) is 0 Å². The van der Waals surface area contributed by atoms with Gasteiger partial charge in [-0.25, -0.2) is 0 Å². The van der Waals surface area contributed by atoms with Crippen LogP contribution in [-0.2, 0) is 19.3 Å². The zero-order chi connectivity index (χ0) is 10.7. The molecule has 15 heavy (non-hydrogen) atoms. The minimum absolute atomic E-state index is 0.0499. The van der Waals surface area contributed by atoms with Crippen molar-refractivity contribution >= 4 is 11.6 Å². The van der Waals surface area contributed by atoms with Crippen LogP contribution in [0.5, 0.6) is 0 Å². The lowest BCUT2D eigenvalue weighted by Gasteiger charge is -2.07. The van der Waals surface area contributed by atoms with Gasteiger partial charge in [-0.2, -0.15) is 5.26 Å². The maximum Gasteiger partial charge on any atom is 0.0671 e. The molecule has 1 aromatic carbocycles. The molecule has 1 aliphatic rings. The zero-order valence-electron chi connectivity index (χ0n) is 8.67. The summed E-state index contributed by atoms with van der Waals surface area (Å²) in [7, 11) is 0. The fourth-order valence-electron chi connectivity index (χ4n) is 2.17. The SMILES string of the molecule is N#CC(CCl)Cc1ccc2c(c1)CCC2. The lowest BCUT2D eigenvalue weighted by Crippen LogP contribution is -2.03. The van der Waals surface area contributed by atoms with E-state index in [4.69, 9.17) is 16.9 Å². The maximum atomic E-state index is 8.85. The number of hydrogen-bond donors (Lipinski definition) is 0. The first-order chi connectivity index (χ1) is 7.33. The van der Waals surface area contributed by atoms with Crippen LogP contribution >= 0.6 is 11.6 Å². The quantitative estimate of drug-likeness (QED) is 0.717. The average molecular weight is 220 g/mol. The minimum atomic E-state index is -0.0499. The largest absolute Gasteiger partial charge is 0.198 e. The van der Waals surface area contributed by atoms with Gasteiger partial charge in [-0.1, -0.05) is 18.2 Å². The molecule has 2 rings (SSSR count). The second-order valence-corrected chi connectivity index (χ2v) is 4.45. The zero-order valence-corrected chi connectivity index (χ0v) is 9.43. The monoisotopic (exact) mass is 219 g/mol. The smallest absolute Gasteiger partial charge is 0.0671 e. The van der Waals surface area contributed by atoms with Gasteiger partial charge in [0.1, 0.15) is 0 Å². The van der Waals surface area contributed by atoms with E-state index in [1.165, 1.54) is 36.0 Å². The highest BCUT2D eigenvalue weighted by Crippen LogP contribution is 2.24. The molecule has 1 aromatic rings. The molecule has 1 atom stereocenters. The van der Waals surface area contributed by atoms with Gasteiger partial charge in [0, 0.05) is 5.88 Å². The highest BCUT2D eigenvalue weighted by molar-refractivity contribution is 6.18. The standard InChI is InChI=1S/C13H14ClN/c14-8-11(9-15)6-10-4-5-12-2-1-3-13(12)7-10/h4-5,7,11H,1-3,6,8H2. The van der Waals surface area contributed by atoms with E-state index in [0.29, 0.717) is 5.88 Å². The lowest BCUT2D eigenvalue weighted by atomic mass is 9.99. The number of nitriles is 1. The number of halogens is 1. The van der Waals surface area contributed by atoms with Crippen molar-refractivity contribution in [2.24, 2.45) is 5.92 Å². The van der Waals surface area contributed by atoms with Gasteiger partial charge in [-0.05, 0) is 42.4 Å². The average Bonchev–Trinajstić information content (AvgIpc) is 2.73. The number of benzene rings is 1. The van der Waals surface area contributed by atoms with Crippen LogP contribution in [0.15, 0.2) is 18.2 Å². The molecule has 1 aliphatic carbocycles. The van der Waals surface area contributed by atoms with Crippen LogP contribution in [-0.4, -0.2) is 5.88 Å². The lowest BCUT2D eigenvalue weighted by molar-refractivity contribution is 0.745. The van der Waals surface area contributed by atoms with E-state index in [1.54, 1.807) is 0 Å². The van der Waals surface area contributed by atoms with Crippen molar-refractivity contribution in [3.63, 3.8) is 0 Å². The molecule has 0 fully saturated rings. The Hall–Kier alpha value is -1.00. The Morgan fingerprint density at radius 2 is 2.13 bits per heavy atom. The summed E-state index contributed by atoms with van der Waals surface area (Å²) in [6.45, 7) is 0. The Labute approximate surface area is 95.7 Å². The molecular weight excluding hydrogens is 206 g/mol. The van der Waals surface area contributed by atoms with Gasteiger partial charge in [-0.15, -0.1) is 11.6 Å². The summed E-state index contributed by atoms with van der Waals surface area (Å²) in [6.07, 6.45) is 4.47. The van der Waals surface area contributed by atoms with Crippen LogP contribution in [0.25, 0.3) is 0 Å². The second-order valence-electron chi connectivity index (χ2n) is 4.14. The number of rotatable bonds is 3. The van der Waals surface area contributed by atoms with Crippen molar-refractivity contribution in [3.8, 4) is 6.07 Å². The summed E-state index contributed by atoms with van der Waals surface area (Å²) >= 11 is 5.71. The molecular formula is C13H14ClN. The van der Waals surface area contributed by atoms with Crippen molar-refractivity contribution < 1.29 is 0 Å². The van der Waals surface area contributed by atoms with E-state index in [-0.39, 0.29) is 5.92 Å². The number of fused-ring (bicyclic) bond motifs is 1. The van der Waals surface area contributed by atoms with Crippen LogP contribution in [0.4, 0.5) is 0 Å². The number of hydrogen-bond acceptors (Lipinski definition) is 1. The first-order valence-electron chi connectivity index (χ1n) is 5.39. The molecule has 0 saturated carbocycles. The summed E-state index contributed by atoms with van der Waals surface area (Å²) in [5.41, 5.74) is 4.21. The summed E-state index contributed by atoms with van der Waals surface area (Å²) < 4.78 is 0. The van der Waals surface area contributed by atoms with Crippen molar-refractivity contribution in [1.29, 1.82) is 5.26 Å². The van der Waals surface area contributed by atoms with Crippen LogP contribution in [0.1, 0.15) is 23.1 Å². The molecule has 0 bridgehead atoms. The number of aryl methyl sites for hydroxylation is 2. The van der Waals surface area contributed by atoms with E-state index >= 15 is 0 Å². The van der Waals surface area contributed by atoms with Crippen molar-refractivity contribution in [1.82, 2.24) is 0 Å². The number of nitrogens with zero attached hydrogens (tertiary/aromatic N) is 1. The molecule has 0 heterocycles. The first-order valence-corrected chi connectivity index (χ1v) is 5.93. The van der Waals surface area contributed by atoms with E-state index in [1.807, 2.05) is 0 Å². The summed E-state index contributed by atoms with van der Waals surface area (Å²) in [4.78, 5) is 0. The Morgan fingerprint density at radius 1 is 1.33 bits per heavy atom. The highest BCUT2D eigenvalue weighted by atomic mass is 35.5. The van der Waals surface area contributed by atoms with Crippen LogP contribution in [0.3, 0.4) is 0 Å². The third kappa shape index (κ3) is 2.33. The fraction of sp³-hybridized carbons (Fsp3) is 0.462. The van der Waals surface area contributed by atoms with Crippen molar-refractivity contribution in [2.75, 3.05) is 5.88 Å². The summed E-state index contributed by atoms with van der Waals surface area (Å²) in [6, 6.07) is 8.83. The molecule has 1 unspecified atom stereocenters. The van der Waals surface area contributed by atoms with E-state index in [9.17, 15) is 0 Å². The van der Waals surface area contributed by atoms with Gasteiger partial charge >= 0.3 is 0 Å². The Morgan fingerprint density at radius 3 is 2.87 bits per heavy atom. The molecule has 78 valence electrons. The first kappa shape index (κ1) is 10.5. The fourth-order valence-corrected chi connectivity index (χ4v) is 2.35. The molecule has 0 radical (unpaired) electrons. The molecule has 0 aliphatic heterocycles. The van der Waals surface area contributed by atoms with Crippen molar-refractivity contribution in [2.45, 2.75) is 25.7 Å². The van der Waals surface area contributed by atoms with Crippen LogP contribution < -0.4 is 0 Å². The molecule has 0 spiro atoms. The van der Waals surface area contributed by atoms with Gasteiger partial charge in [-0.3, -0.25) is 0 Å². The van der Waals surface area contributed by atoms with Gasteiger partial charge in [0.25, 0.3) is 0 Å². The summed E-state index contributed by atoms with van der Waals surface area (Å²) in [5, 5.41) is 8.85. The Kier molecular flexibility index (Phi) is 3.28. The maximum absolute atomic E-state index is 8.85. The molecule has 1 nitrogen and oxygen atoms in total. The minimum Gasteiger partial charge on any atom is -0.198 e. The predicted octanol–water partition coefficient (Wildman–Crippen LogP) is 3.10. The molecule has 0 saturated heterocycles. The number of alkyl halides is 1. The Bertz CT molecular complexity index is 392. The van der Waals surface area contributed by atoms with E-state index in [2.05, 4.69) is 24.3 Å². The van der Waals surface area contributed by atoms with Gasteiger partial charge < -0.3 is 0 Å². The topological polar surface area (TPSA) is 23.8 Å². The van der Waals surface area contributed by atoms with Gasteiger partial charge in [0.05, 0.1) is 12.0 Å². The Balaban J connectivity index is 2.13. The predicted molar refractivity (Wildman–Crippen MR) is 62.0 cm³/mol. The van der Waals surface area contributed by atoms with Crippen LogP contribution in [0.2, 0.25) is 0 Å². The van der Waals surface area contributed by atoms with E-state index in [0.717, 1.165) is 6.42 Å². The van der Waals surface area contributed by atoms with E-state index < -0.39 is 0 Å². The second kappa shape index (κ2) is 4.68. The third-order valence-electron chi connectivity index (χ3n) is 3.01. The molecule has 0 aromatic heterocycles.